The van der Waals surface area contributed by atoms with Crippen molar-refractivity contribution in [3.63, 3.8) is 0 Å². The fraction of sp³-hybridized carbons (Fsp3) is 0.190. The third-order valence-electron chi connectivity index (χ3n) is 4.36. The van der Waals surface area contributed by atoms with E-state index >= 15 is 0 Å². The van der Waals surface area contributed by atoms with Crippen LogP contribution >= 0.6 is 12.2 Å². The number of nitrogens with zero attached hydrogens (tertiary/aromatic N) is 2. The number of nitrogens with one attached hydrogen (secondary N) is 1. The molecule has 28 heavy (non-hydrogen) atoms. The SMILES string of the molecule is CCOc1ccc(-n2c(O)c(C=Nc3ccc(C)c(C)c3)c(=O)[nH]c2=S)cc1. The molecule has 0 aliphatic carbocycles. The predicted octanol–water partition coefficient (Wildman–Crippen LogP) is 4.37. The number of hydrogen-bond donors (Lipinski definition) is 2. The van der Waals surface area contributed by atoms with E-state index in [9.17, 15) is 9.90 Å². The number of aryl methyl sites for hydroxylation is 2. The van der Waals surface area contributed by atoms with Gasteiger partial charge in [-0.15, -0.1) is 0 Å². The van der Waals surface area contributed by atoms with Gasteiger partial charge in [-0.1, -0.05) is 6.07 Å². The molecule has 0 aliphatic rings. The van der Waals surface area contributed by atoms with E-state index < -0.39 is 5.56 Å². The van der Waals surface area contributed by atoms with E-state index in [2.05, 4.69) is 9.98 Å². The van der Waals surface area contributed by atoms with Crippen LogP contribution in [0.25, 0.3) is 5.69 Å². The van der Waals surface area contributed by atoms with Gasteiger partial charge in [-0.3, -0.25) is 19.3 Å². The van der Waals surface area contributed by atoms with Crippen molar-refractivity contribution in [2.75, 3.05) is 6.61 Å². The molecule has 3 rings (SSSR count). The van der Waals surface area contributed by atoms with Crippen molar-refractivity contribution in [3.05, 3.63) is 74.3 Å². The van der Waals surface area contributed by atoms with Crippen LogP contribution in [0.15, 0.2) is 52.3 Å². The summed E-state index contributed by atoms with van der Waals surface area (Å²) in [5.74, 6) is 0.434. The Hall–Kier alpha value is -3.19. The Kier molecular flexibility index (Phi) is 5.75. The number of aliphatic imine (C=N–C) groups is 1. The number of aromatic amines is 1. The summed E-state index contributed by atoms with van der Waals surface area (Å²) in [6, 6.07) is 12.8. The van der Waals surface area contributed by atoms with Gasteiger partial charge in [0, 0.05) is 6.21 Å². The maximum absolute atomic E-state index is 12.3. The van der Waals surface area contributed by atoms with Gasteiger partial charge in [0.2, 0.25) is 5.88 Å². The normalized spacial score (nSPS) is 11.1. The molecule has 0 atom stereocenters. The topological polar surface area (TPSA) is 79.6 Å². The van der Waals surface area contributed by atoms with E-state index in [1.807, 2.05) is 39.0 Å². The number of benzene rings is 2. The zero-order chi connectivity index (χ0) is 20.3. The second kappa shape index (κ2) is 8.22. The monoisotopic (exact) mass is 395 g/mol. The van der Waals surface area contributed by atoms with Gasteiger partial charge in [-0.2, -0.15) is 0 Å². The minimum Gasteiger partial charge on any atom is -0.494 e. The fourth-order valence-corrected chi connectivity index (χ4v) is 2.98. The second-order valence-electron chi connectivity index (χ2n) is 6.29. The first-order chi connectivity index (χ1) is 13.4. The first-order valence-corrected chi connectivity index (χ1v) is 9.24. The largest absolute Gasteiger partial charge is 0.494 e. The van der Waals surface area contributed by atoms with Crippen LogP contribution < -0.4 is 10.3 Å². The molecule has 0 aliphatic heterocycles. The van der Waals surface area contributed by atoms with Crippen molar-refractivity contribution in [3.8, 4) is 17.3 Å². The van der Waals surface area contributed by atoms with Gasteiger partial charge >= 0.3 is 0 Å². The zero-order valence-electron chi connectivity index (χ0n) is 15.9. The van der Waals surface area contributed by atoms with Crippen molar-refractivity contribution >= 4 is 24.1 Å². The maximum Gasteiger partial charge on any atom is 0.264 e. The first-order valence-electron chi connectivity index (χ1n) is 8.83. The number of hydrogen-bond acceptors (Lipinski definition) is 5. The molecule has 0 unspecified atom stereocenters. The number of ether oxygens (including phenoxy) is 1. The smallest absolute Gasteiger partial charge is 0.264 e. The highest BCUT2D eigenvalue weighted by molar-refractivity contribution is 7.71. The lowest BCUT2D eigenvalue weighted by Gasteiger charge is -2.12. The summed E-state index contributed by atoms with van der Waals surface area (Å²) in [7, 11) is 0. The highest BCUT2D eigenvalue weighted by Crippen LogP contribution is 2.22. The second-order valence-corrected chi connectivity index (χ2v) is 6.67. The molecule has 0 spiro atoms. The van der Waals surface area contributed by atoms with Gasteiger partial charge in [0.15, 0.2) is 4.77 Å². The quantitative estimate of drug-likeness (QED) is 0.497. The van der Waals surface area contributed by atoms with E-state index in [1.54, 1.807) is 24.3 Å². The van der Waals surface area contributed by atoms with Gasteiger partial charge in [0.1, 0.15) is 11.3 Å². The lowest BCUT2D eigenvalue weighted by Crippen LogP contribution is -2.18. The van der Waals surface area contributed by atoms with Crippen LogP contribution in [0.5, 0.6) is 11.6 Å². The minimum atomic E-state index is -0.503. The molecule has 6 nitrogen and oxygen atoms in total. The van der Waals surface area contributed by atoms with Crippen LogP contribution in [-0.4, -0.2) is 27.5 Å². The molecular weight excluding hydrogens is 374 g/mol. The maximum atomic E-state index is 12.3. The van der Waals surface area contributed by atoms with Crippen LogP contribution in [0.4, 0.5) is 5.69 Å². The lowest BCUT2D eigenvalue weighted by atomic mass is 10.1. The van der Waals surface area contributed by atoms with E-state index in [4.69, 9.17) is 17.0 Å². The third-order valence-corrected chi connectivity index (χ3v) is 4.64. The minimum absolute atomic E-state index is 0.0284. The van der Waals surface area contributed by atoms with Gasteiger partial charge in [0.05, 0.1) is 18.0 Å². The lowest BCUT2D eigenvalue weighted by molar-refractivity contribution is 0.340. The van der Waals surface area contributed by atoms with Crippen molar-refractivity contribution in [1.82, 2.24) is 9.55 Å². The molecule has 0 bridgehead atoms. The molecule has 1 heterocycles. The van der Waals surface area contributed by atoms with Crippen molar-refractivity contribution in [2.24, 2.45) is 4.99 Å². The Labute approximate surface area is 167 Å². The summed E-state index contributed by atoms with van der Waals surface area (Å²) >= 11 is 5.23. The molecule has 3 aromatic rings. The van der Waals surface area contributed by atoms with Crippen molar-refractivity contribution in [2.45, 2.75) is 20.8 Å². The molecule has 0 radical (unpaired) electrons. The Morgan fingerprint density at radius 3 is 2.54 bits per heavy atom. The van der Waals surface area contributed by atoms with Crippen LogP contribution in [0, 0.1) is 18.6 Å². The van der Waals surface area contributed by atoms with Crippen LogP contribution in [-0.2, 0) is 0 Å². The van der Waals surface area contributed by atoms with Crippen molar-refractivity contribution < 1.29 is 9.84 Å². The Balaban J connectivity index is 2.04. The zero-order valence-corrected chi connectivity index (χ0v) is 16.7. The summed E-state index contributed by atoms with van der Waals surface area (Å²) < 4.78 is 6.90. The molecule has 2 aromatic carbocycles. The number of aromatic nitrogens is 2. The van der Waals surface area contributed by atoms with E-state index in [0.717, 1.165) is 11.1 Å². The molecule has 0 saturated carbocycles. The van der Waals surface area contributed by atoms with Crippen LogP contribution in [0.3, 0.4) is 0 Å². The molecular formula is C21H21N3O3S. The highest BCUT2D eigenvalue weighted by atomic mass is 32.1. The molecule has 0 saturated heterocycles. The Morgan fingerprint density at radius 2 is 1.89 bits per heavy atom. The summed E-state index contributed by atoms with van der Waals surface area (Å²) in [5, 5.41) is 10.7. The standard InChI is InChI=1S/C21H21N3O3S/c1-4-27-17-9-7-16(8-10-17)24-20(26)18(19(25)23-21(24)28)12-22-15-6-5-13(2)14(3)11-15/h5-12,26H,4H2,1-3H3,(H,23,25,28). The molecule has 0 amide bonds. The molecule has 0 fully saturated rings. The third kappa shape index (κ3) is 4.04. The van der Waals surface area contributed by atoms with Crippen LogP contribution in [0.2, 0.25) is 0 Å². The summed E-state index contributed by atoms with van der Waals surface area (Å²) in [6.07, 6.45) is 1.35. The summed E-state index contributed by atoms with van der Waals surface area (Å²) in [5.41, 5.74) is 3.07. The van der Waals surface area contributed by atoms with Gasteiger partial charge in [-0.25, -0.2) is 0 Å². The Bertz CT molecular complexity index is 1150. The van der Waals surface area contributed by atoms with Crippen molar-refractivity contribution in [1.29, 1.82) is 0 Å². The van der Waals surface area contributed by atoms with E-state index in [0.29, 0.717) is 23.7 Å². The van der Waals surface area contributed by atoms with Gasteiger partial charge in [-0.05, 0) is 80.5 Å². The first kappa shape index (κ1) is 19.6. The molecule has 1 aromatic heterocycles. The average Bonchev–Trinajstić information content (AvgIpc) is 2.65. The van der Waals surface area contributed by atoms with Crippen LogP contribution in [0.1, 0.15) is 23.6 Å². The van der Waals surface area contributed by atoms with E-state index in [-0.39, 0.29) is 16.2 Å². The molecule has 2 N–H and O–H groups in total. The Morgan fingerprint density at radius 1 is 1.18 bits per heavy atom. The average molecular weight is 395 g/mol. The number of aromatic hydroxyl groups is 1. The molecule has 144 valence electrons. The van der Waals surface area contributed by atoms with E-state index in [1.165, 1.54) is 10.8 Å². The van der Waals surface area contributed by atoms with Gasteiger partial charge < -0.3 is 9.84 Å². The summed E-state index contributed by atoms with van der Waals surface area (Å²) in [4.78, 5) is 19.2. The summed E-state index contributed by atoms with van der Waals surface area (Å²) in [6.45, 7) is 6.46. The fourth-order valence-electron chi connectivity index (χ4n) is 2.70. The predicted molar refractivity (Wildman–Crippen MR) is 113 cm³/mol. The highest BCUT2D eigenvalue weighted by Gasteiger charge is 2.12. The number of rotatable bonds is 5. The van der Waals surface area contributed by atoms with Gasteiger partial charge in [0.25, 0.3) is 5.56 Å². The molecule has 7 heteroatoms. The number of H-pyrrole nitrogens is 1.